The lowest BCUT2D eigenvalue weighted by atomic mass is 10.2. The maximum atomic E-state index is 13.9. The van der Waals surface area contributed by atoms with Crippen LogP contribution in [0.15, 0.2) is 45.8 Å². The van der Waals surface area contributed by atoms with E-state index in [9.17, 15) is 22.0 Å². The fourth-order valence-electron chi connectivity index (χ4n) is 2.17. The number of amides is 1. The van der Waals surface area contributed by atoms with Crippen LogP contribution < -0.4 is 10.0 Å². The maximum Gasteiger partial charge on any atom is 0.266 e. The number of nitrogens with zero attached hydrogens (tertiary/aromatic N) is 2. The Bertz CT molecular complexity index is 1150. The third kappa shape index (κ3) is 4.51. The van der Waals surface area contributed by atoms with Crippen LogP contribution in [0.25, 0.3) is 11.4 Å². The zero-order valence-electron chi connectivity index (χ0n) is 14.0. The molecule has 0 bridgehead atoms. The Hall–Kier alpha value is -2.44. The number of aromatic nitrogens is 2. The number of halogens is 3. The minimum absolute atomic E-state index is 0.108. The standard InChI is InChI=1S/C16H11BrF2N4O3S2/c1-8(24)20-10-4-2-9(3-5-10)15-21-16(27-22-15)23-28(25,26)14-7-12(18)11(17)6-13(14)19/h2-7H,1H3,(H,20,24)(H,21,22,23). The van der Waals surface area contributed by atoms with Gasteiger partial charge in [-0.3, -0.25) is 9.52 Å². The van der Waals surface area contributed by atoms with Crippen LogP contribution in [0.4, 0.5) is 19.6 Å². The summed E-state index contributed by atoms with van der Waals surface area (Å²) in [6.07, 6.45) is 0. The van der Waals surface area contributed by atoms with Crippen molar-refractivity contribution >= 4 is 54.2 Å². The first kappa shape index (κ1) is 20.3. The summed E-state index contributed by atoms with van der Waals surface area (Å²) in [5, 5.41) is 2.51. The summed E-state index contributed by atoms with van der Waals surface area (Å²) in [4.78, 5) is 14.2. The molecule has 28 heavy (non-hydrogen) atoms. The van der Waals surface area contributed by atoms with E-state index in [4.69, 9.17) is 0 Å². The molecule has 1 heterocycles. The van der Waals surface area contributed by atoms with Crippen LogP contribution in [0, 0.1) is 11.6 Å². The number of sulfonamides is 1. The summed E-state index contributed by atoms with van der Waals surface area (Å²) in [5.41, 5.74) is 1.16. The van der Waals surface area contributed by atoms with Gasteiger partial charge in [0.25, 0.3) is 10.0 Å². The van der Waals surface area contributed by atoms with Crippen molar-refractivity contribution in [1.29, 1.82) is 0 Å². The molecule has 3 rings (SSSR count). The van der Waals surface area contributed by atoms with Crippen LogP contribution >= 0.6 is 27.5 Å². The van der Waals surface area contributed by atoms with Gasteiger partial charge in [0.05, 0.1) is 4.47 Å². The number of carbonyl (C=O) groups excluding carboxylic acids is 1. The van der Waals surface area contributed by atoms with Crippen LogP contribution in [0.3, 0.4) is 0 Å². The average molecular weight is 489 g/mol. The topological polar surface area (TPSA) is 101 Å². The zero-order valence-corrected chi connectivity index (χ0v) is 17.3. The van der Waals surface area contributed by atoms with E-state index in [2.05, 4.69) is 35.3 Å². The van der Waals surface area contributed by atoms with Gasteiger partial charge in [0.2, 0.25) is 11.0 Å². The number of rotatable bonds is 5. The normalized spacial score (nSPS) is 11.3. The Morgan fingerprint density at radius 2 is 1.82 bits per heavy atom. The van der Waals surface area contributed by atoms with Gasteiger partial charge in [0.15, 0.2) is 5.82 Å². The number of benzene rings is 2. The molecule has 146 valence electrons. The molecule has 3 aromatic rings. The molecule has 0 fully saturated rings. The van der Waals surface area contributed by atoms with Crippen molar-refractivity contribution < 1.29 is 22.0 Å². The summed E-state index contributed by atoms with van der Waals surface area (Å²) >= 11 is 3.53. The van der Waals surface area contributed by atoms with Gasteiger partial charge in [-0.25, -0.2) is 17.2 Å². The van der Waals surface area contributed by atoms with Gasteiger partial charge in [-0.05, 0) is 52.3 Å². The lowest BCUT2D eigenvalue weighted by Crippen LogP contribution is -2.15. The molecule has 1 aromatic heterocycles. The molecule has 0 aliphatic heterocycles. The van der Waals surface area contributed by atoms with Crippen molar-refractivity contribution in [2.75, 3.05) is 10.0 Å². The van der Waals surface area contributed by atoms with Gasteiger partial charge >= 0.3 is 0 Å². The predicted octanol–water partition coefficient (Wildman–Crippen LogP) is 4.01. The second-order valence-electron chi connectivity index (χ2n) is 5.48. The molecule has 0 saturated heterocycles. The Morgan fingerprint density at radius 3 is 2.46 bits per heavy atom. The van der Waals surface area contributed by atoms with E-state index < -0.39 is 26.6 Å². The molecule has 2 aromatic carbocycles. The van der Waals surface area contributed by atoms with Crippen LogP contribution in [0.1, 0.15) is 6.92 Å². The molecule has 12 heteroatoms. The van der Waals surface area contributed by atoms with Crippen LogP contribution in [-0.2, 0) is 14.8 Å². The first-order valence-electron chi connectivity index (χ1n) is 7.55. The van der Waals surface area contributed by atoms with Crippen molar-refractivity contribution in [2.24, 2.45) is 0 Å². The second-order valence-corrected chi connectivity index (χ2v) is 8.74. The van der Waals surface area contributed by atoms with E-state index in [0.717, 1.165) is 17.6 Å². The second kappa shape index (κ2) is 7.89. The summed E-state index contributed by atoms with van der Waals surface area (Å²) < 4.78 is 58.2. The molecule has 0 unspecified atom stereocenters. The molecule has 2 N–H and O–H groups in total. The molecule has 1 amide bonds. The van der Waals surface area contributed by atoms with Crippen molar-refractivity contribution in [3.05, 3.63) is 52.5 Å². The zero-order chi connectivity index (χ0) is 20.5. The quantitative estimate of drug-likeness (QED) is 0.528. The van der Waals surface area contributed by atoms with E-state index in [0.29, 0.717) is 17.3 Å². The minimum Gasteiger partial charge on any atom is -0.326 e. The third-order valence-electron chi connectivity index (χ3n) is 3.38. The van der Waals surface area contributed by atoms with Gasteiger partial charge < -0.3 is 5.32 Å². The smallest absolute Gasteiger partial charge is 0.266 e. The van der Waals surface area contributed by atoms with Crippen LogP contribution in [0.2, 0.25) is 0 Å². The first-order chi connectivity index (χ1) is 13.2. The minimum atomic E-state index is -4.40. The number of hydrogen-bond donors (Lipinski definition) is 2. The van der Waals surface area contributed by atoms with E-state index in [1.54, 1.807) is 24.3 Å². The number of carbonyl (C=O) groups is 1. The molecule has 0 spiro atoms. The molecule has 0 aliphatic rings. The lowest BCUT2D eigenvalue weighted by molar-refractivity contribution is -0.114. The highest BCUT2D eigenvalue weighted by atomic mass is 79.9. The number of anilines is 2. The summed E-state index contributed by atoms with van der Waals surface area (Å²) in [6.45, 7) is 1.38. The molecule has 0 radical (unpaired) electrons. The molecular formula is C16H11BrF2N4O3S2. The summed E-state index contributed by atoms with van der Waals surface area (Å²) in [5.74, 6) is -2.01. The highest BCUT2D eigenvalue weighted by molar-refractivity contribution is 9.10. The third-order valence-corrected chi connectivity index (χ3v) is 6.10. The van der Waals surface area contributed by atoms with Gasteiger partial charge in [-0.2, -0.15) is 9.36 Å². The molecular weight excluding hydrogens is 478 g/mol. The number of nitrogens with one attached hydrogen (secondary N) is 2. The van der Waals surface area contributed by atoms with E-state index in [-0.39, 0.29) is 21.3 Å². The first-order valence-corrected chi connectivity index (χ1v) is 10.6. The summed E-state index contributed by atoms with van der Waals surface area (Å²) in [6, 6.07) is 7.88. The van der Waals surface area contributed by atoms with Gasteiger partial charge in [-0.15, -0.1) is 0 Å². The average Bonchev–Trinajstić information content (AvgIpc) is 3.06. The van der Waals surface area contributed by atoms with Gasteiger partial charge in [0.1, 0.15) is 16.5 Å². The maximum absolute atomic E-state index is 13.9. The monoisotopic (exact) mass is 488 g/mol. The Morgan fingerprint density at radius 1 is 1.14 bits per heavy atom. The molecule has 0 aliphatic carbocycles. The van der Waals surface area contributed by atoms with Crippen LogP contribution in [-0.4, -0.2) is 23.7 Å². The van der Waals surface area contributed by atoms with E-state index in [1.807, 2.05) is 0 Å². The number of hydrogen-bond acceptors (Lipinski definition) is 6. The Labute approximate surface area is 171 Å². The van der Waals surface area contributed by atoms with Crippen molar-refractivity contribution in [1.82, 2.24) is 9.36 Å². The van der Waals surface area contributed by atoms with Crippen LogP contribution in [0.5, 0.6) is 0 Å². The Balaban J connectivity index is 1.82. The fraction of sp³-hybridized carbons (Fsp3) is 0.0625. The fourth-order valence-corrected chi connectivity index (χ4v) is 4.37. The van der Waals surface area contributed by atoms with Gasteiger partial charge in [0, 0.05) is 29.7 Å². The van der Waals surface area contributed by atoms with E-state index in [1.165, 1.54) is 6.92 Å². The van der Waals surface area contributed by atoms with Crippen molar-refractivity contribution in [3.8, 4) is 11.4 Å². The highest BCUT2D eigenvalue weighted by Gasteiger charge is 2.23. The largest absolute Gasteiger partial charge is 0.326 e. The lowest BCUT2D eigenvalue weighted by Gasteiger charge is -2.07. The van der Waals surface area contributed by atoms with Crippen molar-refractivity contribution in [2.45, 2.75) is 11.8 Å². The Kier molecular flexibility index (Phi) is 5.72. The van der Waals surface area contributed by atoms with Gasteiger partial charge in [-0.1, -0.05) is 0 Å². The SMILES string of the molecule is CC(=O)Nc1ccc(-c2nsc(NS(=O)(=O)c3cc(F)c(Br)cc3F)n2)cc1. The van der Waals surface area contributed by atoms with Crippen molar-refractivity contribution in [3.63, 3.8) is 0 Å². The highest BCUT2D eigenvalue weighted by Crippen LogP contribution is 2.27. The van der Waals surface area contributed by atoms with E-state index >= 15 is 0 Å². The predicted molar refractivity (Wildman–Crippen MR) is 105 cm³/mol. The molecule has 7 nitrogen and oxygen atoms in total. The summed E-state index contributed by atoms with van der Waals surface area (Å²) in [7, 11) is -4.40. The molecule has 0 saturated carbocycles. The molecule has 0 atom stereocenters.